The molecule has 0 amide bonds. The van der Waals surface area contributed by atoms with Crippen molar-refractivity contribution in [1.29, 1.82) is 0 Å². The first kappa shape index (κ1) is 18.2. The fourth-order valence-corrected chi connectivity index (χ4v) is 2.80. The molecule has 1 aromatic carbocycles. The zero-order valence-corrected chi connectivity index (χ0v) is 14.8. The van der Waals surface area contributed by atoms with E-state index in [0.29, 0.717) is 21.9 Å². The second-order valence-electron chi connectivity index (χ2n) is 5.49. The highest BCUT2D eigenvalue weighted by atomic mass is 35.5. The molecule has 1 aliphatic rings. The minimum atomic E-state index is -0.666. The number of nitro benzene ring substituents is 1. The molecule has 0 saturated carbocycles. The number of esters is 1. The van der Waals surface area contributed by atoms with Crippen LogP contribution in [-0.2, 0) is 9.53 Å². The third-order valence-corrected chi connectivity index (χ3v) is 3.87. The summed E-state index contributed by atoms with van der Waals surface area (Å²) in [7, 11) is 0. The van der Waals surface area contributed by atoms with E-state index in [1.165, 1.54) is 12.1 Å². The predicted molar refractivity (Wildman–Crippen MR) is 93.6 cm³/mol. The molecule has 1 aromatic rings. The van der Waals surface area contributed by atoms with E-state index in [4.69, 9.17) is 28.6 Å². The van der Waals surface area contributed by atoms with Crippen molar-refractivity contribution in [3.63, 3.8) is 0 Å². The van der Waals surface area contributed by atoms with Gasteiger partial charge >= 0.3 is 5.97 Å². The summed E-state index contributed by atoms with van der Waals surface area (Å²) in [6.07, 6.45) is -0.299. The number of benzene rings is 1. The smallest absolute Gasteiger partial charge is 0.338 e. The van der Waals surface area contributed by atoms with Crippen molar-refractivity contribution in [3.05, 3.63) is 50.2 Å². The summed E-state index contributed by atoms with van der Waals surface area (Å²) in [6, 6.07) is 3.68. The van der Waals surface area contributed by atoms with Crippen molar-refractivity contribution in [2.75, 3.05) is 0 Å². The number of rotatable bonds is 4. The number of allylic oxidation sites excluding steroid dienone is 1. The van der Waals surface area contributed by atoms with Gasteiger partial charge in [0.15, 0.2) is 5.11 Å². The Morgan fingerprint density at radius 1 is 1.46 bits per heavy atom. The monoisotopic (exact) mass is 369 g/mol. The van der Waals surface area contributed by atoms with Gasteiger partial charge in [0.2, 0.25) is 0 Å². The highest BCUT2D eigenvalue weighted by Crippen LogP contribution is 2.33. The minimum Gasteiger partial charge on any atom is -0.459 e. The number of nitrogens with one attached hydrogen (secondary N) is 2. The van der Waals surface area contributed by atoms with Crippen LogP contribution in [0.4, 0.5) is 5.69 Å². The molecule has 9 heteroatoms. The van der Waals surface area contributed by atoms with Crippen LogP contribution in [0.25, 0.3) is 0 Å². The topological polar surface area (TPSA) is 93.5 Å². The molecular formula is C15H16ClN3O4S. The SMILES string of the molecule is CC1=C(C(=O)OC(C)C)[C@H](c2ccc(Cl)c([N+](=O)[O-])c2)NC(=S)N1. The van der Waals surface area contributed by atoms with Gasteiger partial charge in [-0.05, 0) is 44.6 Å². The fraction of sp³-hybridized carbons (Fsp3) is 0.333. The van der Waals surface area contributed by atoms with E-state index in [9.17, 15) is 14.9 Å². The Kier molecular flexibility index (Phi) is 5.40. The average Bonchev–Trinajstić information content (AvgIpc) is 2.45. The third kappa shape index (κ3) is 3.82. The zero-order chi connectivity index (χ0) is 18.0. The molecule has 0 radical (unpaired) electrons. The lowest BCUT2D eigenvalue weighted by atomic mass is 9.95. The number of nitro groups is 1. The van der Waals surface area contributed by atoms with E-state index in [1.807, 2.05) is 0 Å². The van der Waals surface area contributed by atoms with Crippen molar-refractivity contribution in [2.24, 2.45) is 0 Å². The van der Waals surface area contributed by atoms with Crippen molar-refractivity contribution in [2.45, 2.75) is 32.9 Å². The first-order valence-electron chi connectivity index (χ1n) is 7.13. The first-order chi connectivity index (χ1) is 11.2. The number of hydrogen-bond acceptors (Lipinski definition) is 5. The number of hydrogen-bond donors (Lipinski definition) is 2. The van der Waals surface area contributed by atoms with E-state index in [-0.39, 0.29) is 16.8 Å². The molecule has 24 heavy (non-hydrogen) atoms. The molecule has 128 valence electrons. The Morgan fingerprint density at radius 3 is 2.71 bits per heavy atom. The van der Waals surface area contributed by atoms with Crippen molar-refractivity contribution in [3.8, 4) is 0 Å². The Morgan fingerprint density at radius 2 is 2.12 bits per heavy atom. The largest absolute Gasteiger partial charge is 0.459 e. The lowest BCUT2D eigenvalue weighted by Gasteiger charge is -2.30. The van der Waals surface area contributed by atoms with Gasteiger partial charge in [0.25, 0.3) is 5.69 Å². The molecule has 0 unspecified atom stereocenters. The van der Waals surface area contributed by atoms with Crippen LogP contribution in [0.2, 0.25) is 5.02 Å². The Balaban J connectivity index is 2.51. The molecule has 0 bridgehead atoms. The van der Waals surface area contributed by atoms with Crippen LogP contribution in [0.5, 0.6) is 0 Å². The highest BCUT2D eigenvalue weighted by molar-refractivity contribution is 7.80. The van der Waals surface area contributed by atoms with Gasteiger partial charge < -0.3 is 15.4 Å². The minimum absolute atomic E-state index is 0.0206. The van der Waals surface area contributed by atoms with Gasteiger partial charge in [-0.3, -0.25) is 10.1 Å². The van der Waals surface area contributed by atoms with E-state index in [0.717, 1.165) is 0 Å². The zero-order valence-electron chi connectivity index (χ0n) is 13.3. The molecule has 0 aromatic heterocycles. The average molecular weight is 370 g/mol. The first-order valence-corrected chi connectivity index (χ1v) is 7.92. The Labute approximate surface area is 149 Å². The van der Waals surface area contributed by atoms with E-state index >= 15 is 0 Å². The van der Waals surface area contributed by atoms with Gasteiger partial charge in [-0.25, -0.2) is 4.79 Å². The molecule has 0 aliphatic carbocycles. The summed E-state index contributed by atoms with van der Waals surface area (Å²) >= 11 is 11.0. The fourth-order valence-electron chi connectivity index (χ4n) is 2.34. The van der Waals surface area contributed by atoms with Gasteiger partial charge in [0.05, 0.1) is 22.6 Å². The van der Waals surface area contributed by atoms with Crippen molar-refractivity contribution < 1.29 is 14.5 Å². The third-order valence-electron chi connectivity index (χ3n) is 3.33. The molecule has 1 aliphatic heterocycles. The lowest BCUT2D eigenvalue weighted by Crippen LogP contribution is -2.45. The molecule has 0 fully saturated rings. The number of nitrogens with zero attached hydrogens (tertiary/aromatic N) is 1. The van der Waals surface area contributed by atoms with E-state index in [1.54, 1.807) is 26.8 Å². The van der Waals surface area contributed by atoms with Crippen LogP contribution in [0, 0.1) is 10.1 Å². The van der Waals surface area contributed by atoms with Crippen LogP contribution in [0.15, 0.2) is 29.5 Å². The quantitative estimate of drug-likeness (QED) is 0.364. The number of carbonyl (C=O) groups is 1. The van der Waals surface area contributed by atoms with Gasteiger partial charge in [-0.2, -0.15) is 0 Å². The summed E-state index contributed by atoms with van der Waals surface area (Å²) in [5.74, 6) is -0.521. The number of ether oxygens (including phenoxy) is 1. The second-order valence-corrected chi connectivity index (χ2v) is 6.31. The molecule has 1 atom stereocenters. The number of halogens is 1. The molecule has 7 nitrogen and oxygen atoms in total. The van der Waals surface area contributed by atoms with Gasteiger partial charge in [-0.1, -0.05) is 17.7 Å². The highest BCUT2D eigenvalue weighted by Gasteiger charge is 2.32. The van der Waals surface area contributed by atoms with Crippen LogP contribution < -0.4 is 10.6 Å². The molecule has 0 saturated heterocycles. The molecular weight excluding hydrogens is 354 g/mol. The standard InChI is InChI=1S/C15H16ClN3O4S/c1-7(2)23-14(20)12-8(3)17-15(24)18-13(12)9-4-5-10(16)11(6-9)19(21)22/h4-7,13H,1-3H3,(H2,17,18,24)/t13-/m0/s1. The summed E-state index contributed by atoms with van der Waals surface area (Å²) in [4.78, 5) is 23.0. The summed E-state index contributed by atoms with van der Waals surface area (Å²) in [5, 5.41) is 17.3. The summed E-state index contributed by atoms with van der Waals surface area (Å²) in [5.41, 5.74) is 1.10. The summed E-state index contributed by atoms with van der Waals surface area (Å²) < 4.78 is 5.27. The molecule has 2 N–H and O–H groups in total. The van der Waals surface area contributed by atoms with E-state index in [2.05, 4.69) is 10.6 Å². The molecule has 2 rings (SSSR count). The van der Waals surface area contributed by atoms with Gasteiger partial charge in [-0.15, -0.1) is 0 Å². The van der Waals surface area contributed by atoms with Crippen LogP contribution in [0.1, 0.15) is 32.4 Å². The lowest BCUT2D eigenvalue weighted by molar-refractivity contribution is -0.384. The maximum atomic E-state index is 12.4. The number of carbonyl (C=O) groups excluding carboxylic acids is 1. The van der Waals surface area contributed by atoms with Gasteiger partial charge in [0, 0.05) is 11.8 Å². The summed E-state index contributed by atoms with van der Waals surface area (Å²) in [6.45, 7) is 5.18. The van der Waals surface area contributed by atoms with E-state index < -0.39 is 16.9 Å². The second kappa shape index (κ2) is 7.14. The normalized spacial score (nSPS) is 17.4. The predicted octanol–water partition coefficient (Wildman–Crippen LogP) is 2.99. The van der Waals surface area contributed by atoms with Crippen LogP contribution in [-0.4, -0.2) is 22.1 Å². The maximum Gasteiger partial charge on any atom is 0.338 e. The van der Waals surface area contributed by atoms with Crippen molar-refractivity contribution in [1.82, 2.24) is 10.6 Å². The van der Waals surface area contributed by atoms with Crippen LogP contribution in [0.3, 0.4) is 0 Å². The van der Waals surface area contributed by atoms with Crippen molar-refractivity contribution >= 4 is 40.6 Å². The molecule has 1 heterocycles. The van der Waals surface area contributed by atoms with Crippen LogP contribution >= 0.6 is 23.8 Å². The van der Waals surface area contributed by atoms with Gasteiger partial charge in [0.1, 0.15) is 5.02 Å². The maximum absolute atomic E-state index is 12.4. The number of thiocarbonyl (C=S) groups is 1. The molecule has 0 spiro atoms. The Bertz CT molecular complexity index is 748. The Hall–Kier alpha value is -2.19.